The van der Waals surface area contributed by atoms with Gasteiger partial charge < -0.3 is 19.4 Å². The summed E-state index contributed by atoms with van der Waals surface area (Å²) in [4.78, 5) is 9.18. The molecule has 2 fully saturated rings. The number of rotatable bonds is 9. The fourth-order valence-corrected chi connectivity index (χ4v) is 5.07. The average molecular weight is 428 g/mol. The molecule has 3 heterocycles. The molecule has 164 valence electrons. The van der Waals surface area contributed by atoms with E-state index in [2.05, 4.69) is 19.8 Å². The van der Waals surface area contributed by atoms with E-state index in [1.54, 1.807) is 13.2 Å². The van der Waals surface area contributed by atoms with Gasteiger partial charge in [-0.15, -0.1) is 0 Å². The van der Waals surface area contributed by atoms with E-state index >= 15 is 0 Å². The molecule has 2 aliphatic rings. The van der Waals surface area contributed by atoms with Gasteiger partial charge in [0, 0.05) is 52.2 Å². The Morgan fingerprint density at radius 2 is 2.14 bits per heavy atom. The molecule has 2 N–H and O–H groups in total. The van der Waals surface area contributed by atoms with E-state index in [0.29, 0.717) is 39.1 Å². The van der Waals surface area contributed by atoms with Crippen LogP contribution >= 0.6 is 0 Å². The number of ether oxygens (including phenoxy) is 1. The maximum Gasteiger partial charge on any atom is 0.216 e. The van der Waals surface area contributed by atoms with Crippen molar-refractivity contribution in [2.45, 2.75) is 25.0 Å². The molecule has 2 aliphatic heterocycles. The molecule has 10 heteroatoms. The number of hydrogen-bond acceptors (Lipinski definition) is 6. The third-order valence-corrected chi connectivity index (χ3v) is 7.20. The first kappa shape index (κ1) is 22.1. The fourth-order valence-electron chi connectivity index (χ4n) is 3.64. The topological polar surface area (TPSA) is 99.4 Å². The van der Waals surface area contributed by atoms with Crippen molar-refractivity contribution in [1.82, 2.24) is 19.8 Å². The Balaban J connectivity index is 1.57. The summed E-state index contributed by atoms with van der Waals surface area (Å²) in [5.41, 5.74) is 0. The largest absolute Gasteiger partial charge is 0.469 e. The lowest BCUT2D eigenvalue weighted by Gasteiger charge is -2.26. The van der Waals surface area contributed by atoms with Crippen LogP contribution in [0.25, 0.3) is 0 Å². The third-order valence-electron chi connectivity index (χ3n) is 5.25. The van der Waals surface area contributed by atoms with Gasteiger partial charge in [0.2, 0.25) is 10.0 Å². The van der Waals surface area contributed by atoms with Gasteiger partial charge in [0.05, 0.1) is 31.3 Å². The minimum atomic E-state index is -3.28. The lowest BCUT2D eigenvalue weighted by molar-refractivity contribution is 0.0394. The van der Waals surface area contributed by atoms with Crippen molar-refractivity contribution in [3.63, 3.8) is 0 Å². The molecule has 0 spiro atoms. The van der Waals surface area contributed by atoms with Gasteiger partial charge in [-0.2, -0.15) is 0 Å². The van der Waals surface area contributed by atoms with E-state index in [0.717, 1.165) is 51.0 Å². The molecule has 0 radical (unpaired) electrons. The zero-order valence-corrected chi connectivity index (χ0v) is 18.0. The zero-order chi connectivity index (χ0) is 20.5. The zero-order valence-electron chi connectivity index (χ0n) is 17.2. The number of hydrogen-bond donors (Lipinski definition) is 2. The molecule has 2 saturated heterocycles. The molecular weight excluding hydrogens is 394 g/mol. The number of morpholine rings is 1. The van der Waals surface area contributed by atoms with E-state index in [1.165, 1.54) is 0 Å². The normalized spacial score (nSPS) is 21.6. The van der Waals surface area contributed by atoms with Crippen LogP contribution in [0.3, 0.4) is 0 Å². The number of sulfonamides is 1. The van der Waals surface area contributed by atoms with Crippen molar-refractivity contribution in [1.29, 1.82) is 0 Å². The predicted octanol–water partition coefficient (Wildman–Crippen LogP) is 0.114. The predicted molar refractivity (Wildman–Crippen MR) is 113 cm³/mol. The molecule has 1 unspecified atom stereocenters. The third kappa shape index (κ3) is 6.70. The van der Waals surface area contributed by atoms with Crippen LogP contribution in [-0.4, -0.2) is 95.0 Å². The summed E-state index contributed by atoms with van der Waals surface area (Å²) in [6.07, 6.45) is 3.03. The molecule has 0 amide bonds. The van der Waals surface area contributed by atoms with Crippen molar-refractivity contribution < 1.29 is 17.6 Å². The second kappa shape index (κ2) is 11.0. The highest BCUT2D eigenvalue weighted by Gasteiger charge is 2.34. The van der Waals surface area contributed by atoms with Crippen LogP contribution in [0.1, 0.15) is 19.1 Å². The maximum atomic E-state index is 12.4. The monoisotopic (exact) mass is 427 g/mol. The Bertz CT molecular complexity index is 732. The molecule has 0 bridgehead atoms. The van der Waals surface area contributed by atoms with Gasteiger partial charge in [-0.3, -0.25) is 9.89 Å². The minimum Gasteiger partial charge on any atom is -0.469 e. The van der Waals surface area contributed by atoms with Gasteiger partial charge >= 0.3 is 0 Å². The Morgan fingerprint density at radius 3 is 2.86 bits per heavy atom. The second-order valence-electron chi connectivity index (χ2n) is 7.32. The second-order valence-corrected chi connectivity index (χ2v) is 9.36. The fraction of sp³-hybridized carbons (Fsp3) is 0.737. The highest BCUT2D eigenvalue weighted by Crippen LogP contribution is 2.16. The first-order chi connectivity index (χ1) is 14.1. The standard InChI is InChI=1S/C19H33N5O4S/c1-2-22-29(25,26)18-6-9-24(16-18)19(20-7-5-17-4-3-13-28-17)21-8-10-23-11-14-27-15-12-23/h3-4,13,18,22H,2,5-12,14-16H2,1H3,(H,20,21). The smallest absolute Gasteiger partial charge is 0.216 e. The highest BCUT2D eigenvalue weighted by atomic mass is 32.2. The quantitative estimate of drug-likeness (QED) is 0.426. The van der Waals surface area contributed by atoms with Crippen molar-refractivity contribution in [2.75, 3.05) is 65.6 Å². The number of likely N-dealkylation sites (tertiary alicyclic amines) is 1. The lowest BCUT2D eigenvalue weighted by Crippen LogP contribution is -2.44. The first-order valence-electron chi connectivity index (χ1n) is 10.4. The number of nitrogens with zero attached hydrogens (tertiary/aromatic N) is 3. The van der Waals surface area contributed by atoms with Crippen molar-refractivity contribution >= 4 is 16.0 Å². The Hall–Kier alpha value is -1.62. The van der Waals surface area contributed by atoms with Crippen molar-refractivity contribution in [3.05, 3.63) is 24.2 Å². The van der Waals surface area contributed by atoms with E-state index in [9.17, 15) is 8.42 Å². The number of furan rings is 1. The Labute approximate surface area is 173 Å². The molecule has 1 atom stereocenters. The molecular formula is C19H33N5O4S. The summed E-state index contributed by atoms with van der Waals surface area (Å²) in [5.74, 6) is 1.69. The molecule has 0 saturated carbocycles. The number of aliphatic imine (C=N–C) groups is 1. The van der Waals surface area contributed by atoms with E-state index in [-0.39, 0.29) is 0 Å². The molecule has 3 rings (SSSR count). The summed E-state index contributed by atoms with van der Waals surface area (Å²) in [6.45, 7) is 9.00. The van der Waals surface area contributed by atoms with Crippen molar-refractivity contribution in [3.8, 4) is 0 Å². The summed E-state index contributed by atoms with van der Waals surface area (Å²) in [7, 11) is -3.28. The van der Waals surface area contributed by atoms with E-state index in [1.807, 2.05) is 12.1 Å². The number of guanidine groups is 1. The molecule has 9 nitrogen and oxygen atoms in total. The van der Waals surface area contributed by atoms with E-state index < -0.39 is 15.3 Å². The highest BCUT2D eigenvalue weighted by molar-refractivity contribution is 7.90. The summed E-state index contributed by atoms with van der Waals surface area (Å²) in [6, 6.07) is 3.83. The lowest BCUT2D eigenvalue weighted by atomic mass is 10.3. The Morgan fingerprint density at radius 1 is 1.31 bits per heavy atom. The summed E-state index contributed by atoms with van der Waals surface area (Å²) < 4.78 is 38.1. The van der Waals surface area contributed by atoms with Crippen LogP contribution in [0.2, 0.25) is 0 Å². The van der Waals surface area contributed by atoms with E-state index in [4.69, 9.17) is 14.1 Å². The molecule has 0 aromatic carbocycles. The maximum absolute atomic E-state index is 12.4. The molecule has 29 heavy (non-hydrogen) atoms. The SMILES string of the molecule is CCNS(=O)(=O)C1CCN(C(=NCCN2CCOCC2)NCCc2ccco2)C1. The Kier molecular flexibility index (Phi) is 8.34. The van der Waals surface area contributed by atoms with Gasteiger partial charge in [-0.1, -0.05) is 6.92 Å². The van der Waals surface area contributed by atoms with Gasteiger partial charge in [-0.25, -0.2) is 13.1 Å². The van der Waals surface area contributed by atoms with Crippen LogP contribution in [0.4, 0.5) is 0 Å². The van der Waals surface area contributed by atoms with Crippen LogP contribution in [0.5, 0.6) is 0 Å². The van der Waals surface area contributed by atoms with Crippen LogP contribution < -0.4 is 10.0 Å². The molecule has 1 aromatic rings. The minimum absolute atomic E-state index is 0.404. The first-order valence-corrected chi connectivity index (χ1v) is 12.0. The summed E-state index contributed by atoms with van der Waals surface area (Å²) >= 11 is 0. The van der Waals surface area contributed by atoms with Gasteiger partial charge in [0.25, 0.3) is 0 Å². The van der Waals surface area contributed by atoms with Gasteiger partial charge in [0.1, 0.15) is 5.76 Å². The van der Waals surface area contributed by atoms with Crippen LogP contribution in [-0.2, 0) is 21.2 Å². The van der Waals surface area contributed by atoms with Crippen LogP contribution in [0.15, 0.2) is 27.8 Å². The average Bonchev–Trinajstić information content (AvgIpc) is 3.40. The van der Waals surface area contributed by atoms with Crippen LogP contribution in [0, 0.1) is 0 Å². The van der Waals surface area contributed by atoms with Gasteiger partial charge in [-0.05, 0) is 18.6 Å². The van der Waals surface area contributed by atoms with Crippen molar-refractivity contribution in [2.24, 2.45) is 4.99 Å². The van der Waals surface area contributed by atoms with Gasteiger partial charge in [0.15, 0.2) is 5.96 Å². The molecule has 0 aliphatic carbocycles. The molecule has 1 aromatic heterocycles. The number of nitrogens with one attached hydrogen (secondary N) is 2. The summed E-state index contributed by atoms with van der Waals surface area (Å²) in [5, 5.41) is 3.00.